The molecular formula is C30H41N5O5. The molecule has 40 heavy (non-hydrogen) atoms. The van der Waals surface area contributed by atoms with Crippen LogP contribution in [0, 0.1) is 11.3 Å². The van der Waals surface area contributed by atoms with Gasteiger partial charge in [0.2, 0.25) is 5.91 Å². The first-order valence-corrected chi connectivity index (χ1v) is 13.6. The average molecular weight is 552 g/mol. The Bertz CT molecular complexity index is 1190. The molecule has 1 fully saturated rings. The maximum Gasteiger partial charge on any atom is 0.410 e. The molecule has 10 heteroatoms. The normalized spacial score (nSPS) is 18.3. The highest BCUT2D eigenvalue weighted by molar-refractivity contribution is 6.08. The average Bonchev–Trinajstić information content (AvgIpc) is 3.17. The van der Waals surface area contributed by atoms with Crippen molar-refractivity contribution >= 4 is 23.9 Å². The van der Waals surface area contributed by atoms with Crippen molar-refractivity contribution in [1.29, 1.82) is 5.41 Å². The molecule has 1 aliphatic heterocycles. The number of amides is 3. The highest BCUT2D eigenvalue weighted by Gasteiger charge is 2.50. The van der Waals surface area contributed by atoms with Crippen LogP contribution in [0.1, 0.15) is 51.2 Å². The van der Waals surface area contributed by atoms with Crippen LogP contribution < -0.4 is 15.8 Å². The molecule has 0 radical (unpaired) electrons. The lowest BCUT2D eigenvalue weighted by molar-refractivity contribution is -0.132. The molecule has 1 heterocycles. The Morgan fingerprint density at radius 3 is 2.27 bits per heavy atom. The number of benzene rings is 2. The third kappa shape index (κ3) is 6.73. The van der Waals surface area contributed by atoms with Crippen LogP contribution in [-0.4, -0.2) is 66.5 Å². The Labute approximate surface area is 236 Å². The van der Waals surface area contributed by atoms with Crippen molar-refractivity contribution in [1.82, 2.24) is 15.1 Å². The molecule has 1 aliphatic rings. The fourth-order valence-electron chi connectivity index (χ4n) is 5.38. The molecule has 3 rings (SSSR count). The lowest BCUT2D eigenvalue weighted by atomic mass is 9.82. The lowest BCUT2D eigenvalue weighted by Crippen LogP contribution is -2.53. The van der Waals surface area contributed by atoms with Crippen molar-refractivity contribution in [2.45, 2.75) is 64.1 Å². The van der Waals surface area contributed by atoms with E-state index in [4.69, 9.17) is 20.6 Å². The molecule has 0 aromatic heterocycles. The summed E-state index contributed by atoms with van der Waals surface area (Å²) in [6.07, 6.45) is 1.06. The zero-order chi connectivity index (χ0) is 29.4. The number of hydrogen-bond acceptors (Lipinski definition) is 6. The van der Waals surface area contributed by atoms with E-state index in [-0.39, 0.29) is 30.8 Å². The molecule has 4 N–H and O–H groups in total. The molecule has 1 saturated heterocycles. The van der Waals surface area contributed by atoms with E-state index in [0.717, 1.165) is 11.1 Å². The van der Waals surface area contributed by atoms with Gasteiger partial charge >= 0.3 is 6.09 Å². The molecule has 10 nitrogen and oxygen atoms in total. The van der Waals surface area contributed by atoms with Crippen LogP contribution in [0.15, 0.2) is 54.6 Å². The maximum atomic E-state index is 13.8. The minimum Gasteiger partial charge on any atom is -0.497 e. The maximum absolute atomic E-state index is 13.8. The van der Waals surface area contributed by atoms with E-state index >= 15 is 0 Å². The van der Waals surface area contributed by atoms with Crippen LogP contribution in [0.5, 0.6) is 5.75 Å². The van der Waals surface area contributed by atoms with Crippen LogP contribution in [0.4, 0.5) is 4.79 Å². The molecule has 2 aromatic rings. The summed E-state index contributed by atoms with van der Waals surface area (Å²) in [5.74, 6) is 0.147. The van der Waals surface area contributed by atoms with Gasteiger partial charge in [0, 0.05) is 19.0 Å². The van der Waals surface area contributed by atoms with E-state index in [0.29, 0.717) is 25.0 Å². The van der Waals surface area contributed by atoms with Gasteiger partial charge in [-0.3, -0.25) is 24.8 Å². The summed E-state index contributed by atoms with van der Waals surface area (Å²) in [7, 11) is 2.84. The number of ether oxygens (including phenoxy) is 2. The smallest absolute Gasteiger partial charge is 0.410 e. The largest absolute Gasteiger partial charge is 0.497 e. The number of hydrogen-bond donors (Lipinski definition) is 3. The van der Waals surface area contributed by atoms with Crippen LogP contribution in [0.2, 0.25) is 0 Å². The molecule has 0 spiro atoms. The summed E-state index contributed by atoms with van der Waals surface area (Å²) >= 11 is 0. The zero-order valence-electron chi connectivity index (χ0n) is 24.0. The van der Waals surface area contributed by atoms with Crippen molar-refractivity contribution in [2.24, 2.45) is 11.7 Å². The minimum atomic E-state index is -0.994. The molecule has 0 bridgehead atoms. The first-order valence-electron chi connectivity index (χ1n) is 13.6. The quantitative estimate of drug-likeness (QED) is 0.348. The first kappa shape index (κ1) is 30.5. The molecule has 0 aliphatic carbocycles. The van der Waals surface area contributed by atoms with Gasteiger partial charge in [0.25, 0.3) is 5.91 Å². The van der Waals surface area contributed by atoms with Crippen LogP contribution in [0.3, 0.4) is 0 Å². The Balaban J connectivity index is 1.73. The Hall–Kier alpha value is -4.08. The second kappa shape index (κ2) is 13.3. The van der Waals surface area contributed by atoms with Crippen LogP contribution in [0.25, 0.3) is 0 Å². The van der Waals surface area contributed by atoms with Crippen molar-refractivity contribution in [3.63, 3.8) is 0 Å². The van der Waals surface area contributed by atoms with Gasteiger partial charge in [-0.05, 0) is 55.4 Å². The number of carbonyl (C=O) groups is 3. The SMILES string of the molecule is COC(=O)N(C(C)CCCN1C(=N)NC(CC(C)C)(c2ccccc2)C1=O)[C@@H](Cc1ccc(OC)cc1)C(N)=O. The number of nitrogens with one attached hydrogen (secondary N) is 2. The van der Waals surface area contributed by atoms with Gasteiger partial charge < -0.3 is 20.5 Å². The van der Waals surface area contributed by atoms with Crippen LogP contribution in [-0.2, 0) is 26.3 Å². The predicted octanol–water partition coefficient (Wildman–Crippen LogP) is 3.64. The second-order valence-electron chi connectivity index (χ2n) is 10.6. The van der Waals surface area contributed by atoms with Crippen LogP contribution >= 0.6 is 0 Å². The number of methoxy groups -OCH3 is 2. The van der Waals surface area contributed by atoms with Gasteiger partial charge in [-0.2, -0.15) is 0 Å². The van der Waals surface area contributed by atoms with Gasteiger partial charge in [0.15, 0.2) is 5.96 Å². The minimum absolute atomic E-state index is 0.0569. The number of guanidine groups is 1. The molecule has 3 atom stereocenters. The Morgan fingerprint density at radius 1 is 1.07 bits per heavy atom. The highest BCUT2D eigenvalue weighted by atomic mass is 16.5. The fraction of sp³-hybridized carbons (Fsp3) is 0.467. The molecule has 2 unspecified atom stereocenters. The van der Waals surface area contributed by atoms with Gasteiger partial charge in [-0.1, -0.05) is 56.3 Å². The molecule has 2 aromatic carbocycles. The van der Waals surface area contributed by atoms with E-state index in [9.17, 15) is 14.4 Å². The summed E-state index contributed by atoms with van der Waals surface area (Å²) in [5, 5.41) is 11.7. The van der Waals surface area contributed by atoms with Crippen molar-refractivity contribution in [3.8, 4) is 5.75 Å². The third-order valence-electron chi connectivity index (χ3n) is 7.31. The number of primary amides is 1. The first-order chi connectivity index (χ1) is 19.0. The van der Waals surface area contributed by atoms with E-state index in [2.05, 4.69) is 19.2 Å². The summed E-state index contributed by atoms with van der Waals surface area (Å²) in [6, 6.07) is 15.4. The summed E-state index contributed by atoms with van der Waals surface area (Å²) in [4.78, 5) is 41.9. The lowest BCUT2D eigenvalue weighted by Gasteiger charge is -2.34. The summed E-state index contributed by atoms with van der Waals surface area (Å²) in [6.45, 7) is 6.21. The Morgan fingerprint density at radius 2 is 1.73 bits per heavy atom. The molecule has 216 valence electrons. The zero-order valence-corrected chi connectivity index (χ0v) is 24.0. The molecule has 3 amide bonds. The Kier molecular flexibility index (Phi) is 10.1. The monoisotopic (exact) mass is 551 g/mol. The van der Waals surface area contributed by atoms with Gasteiger partial charge in [-0.25, -0.2) is 4.79 Å². The number of nitrogens with two attached hydrogens (primary N) is 1. The van der Waals surface area contributed by atoms with Crippen molar-refractivity contribution < 1.29 is 23.9 Å². The number of rotatable bonds is 13. The van der Waals surface area contributed by atoms with Gasteiger partial charge in [0.05, 0.1) is 14.2 Å². The van der Waals surface area contributed by atoms with E-state index < -0.39 is 29.6 Å². The van der Waals surface area contributed by atoms with E-state index in [1.165, 1.54) is 16.9 Å². The van der Waals surface area contributed by atoms with Crippen molar-refractivity contribution in [3.05, 3.63) is 65.7 Å². The summed E-state index contributed by atoms with van der Waals surface area (Å²) in [5.41, 5.74) is 6.41. The topological polar surface area (TPSA) is 138 Å². The fourth-order valence-corrected chi connectivity index (χ4v) is 5.38. The van der Waals surface area contributed by atoms with Gasteiger partial charge in [0.1, 0.15) is 17.3 Å². The summed E-state index contributed by atoms with van der Waals surface area (Å²) < 4.78 is 10.2. The van der Waals surface area contributed by atoms with Gasteiger partial charge in [-0.15, -0.1) is 0 Å². The van der Waals surface area contributed by atoms with E-state index in [1.807, 2.05) is 49.4 Å². The highest BCUT2D eigenvalue weighted by Crippen LogP contribution is 2.35. The third-order valence-corrected chi connectivity index (χ3v) is 7.31. The predicted molar refractivity (Wildman–Crippen MR) is 153 cm³/mol. The molecular weight excluding hydrogens is 510 g/mol. The molecule has 0 saturated carbocycles. The van der Waals surface area contributed by atoms with E-state index in [1.54, 1.807) is 19.2 Å². The number of nitrogens with zero attached hydrogens (tertiary/aromatic N) is 2. The number of carbonyl (C=O) groups excluding carboxylic acids is 3. The second-order valence-corrected chi connectivity index (χ2v) is 10.6. The van der Waals surface area contributed by atoms with Crippen molar-refractivity contribution in [2.75, 3.05) is 20.8 Å². The standard InChI is InChI=1S/C30H41N5O5/c1-20(2)19-30(23-11-7-6-8-12-23)27(37)34(28(32)33-30)17-9-10-21(3)35(29(38)40-5)25(26(31)36)18-22-13-15-24(39-4)16-14-22/h6-8,11-16,20-21,25H,9-10,17-19H2,1-5H3,(H2,31,36)(H2,32,33)/t21?,25-,30?/m0/s1.